The van der Waals surface area contributed by atoms with Gasteiger partial charge in [-0.2, -0.15) is 0 Å². The fraction of sp³-hybridized carbons (Fsp3) is 0.263. The first-order valence-corrected chi connectivity index (χ1v) is 9.80. The van der Waals surface area contributed by atoms with Crippen molar-refractivity contribution in [2.24, 2.45) is 5.14 Å². The van der Waals surface area contributed by atoms with E-state index in [9.17, 15) is 18.0 Å². The molecule has 2 aromatic carbocycles. The van der Waals surface area contributed by atoms with E-state index in [1.807, 2.05) is 32.0 Å². The Morgan fingerprint density at radius 1 is 1.07 bits per heavy atom. The summed E-state index contributed by atoms with van der Waals surface area (Å²) in [5, 5.41) is 7.57. The van der Waals surface area contributed by atoms with Gasteiger partial charge in [-0.15, -0.1) is 0 Å². The number of ether oxygens (including phenoxy) is 1. The smallest absolute Gasteiger partial charge is 0.311 e. The molecule has 144 valence electrons. The van der Waals surface area contributed by atoms with Gasteiger partial charge in [-0.05, 0) is 61.7 Å². The number of hydrogen-bond acceptors (Lipinski definition) is 5. The van der Waals surface area contributed by atoms with E-state index in [0.29, 0.717) is 5.69 Å². The summed E-state index contributed by atoms with van der Waals surface area (Å²) in [6, 6.07) is 11.1. The Bertz CT molecular complexity index is 953. The Kier molecular flexibility index (Phi) is 6.35. The molecule has 0 unspecified atom stereocenters. The highest BCUT2D eigenvalue weighted by Gasteiger charge is 2.18. The average molecular weight is 390 g/mol. The zero-order valence-electron chi connectivity index (χ0n) is 15.4. The minimum atomic E-state index is -3.80. The summed E-state index contributed by atoms with van der Waals surface area (Å²) in [6.45, 7) is 5.41. The molecule has 0 saturated carbocycles. The van der Waals surface area contributed by atoms with Crippen molar-refractivity contribution in [1.29, 1.82) is 0 Å². The van der Waals surface area contributed by atoms with Crippen LogP contribution in [0.2, 0.25) is 0 Å². The van der Waals surface area contributed by atoms with Crippen LogP contribution in [0.15, 0.2) is 47.4 Å². The van der Waals surface area contributed by atoms with Crippen LogP contribution in [0.5, 0.6) is 0 Å². The molecule has 0 aliphatic rings. The third kappa shape index (κ3) is 5.90. The number of carbonyl (C=O) groups is 2. The third-order valence-electron chi connectivity index (χ3n) is 4.05. The second-order valence-corrected chi connectivity index (χ2v) is 7.85. The van der Waals surface area contributed by atoms with Crippen molar-refractivity contribution in [2.45, 2.75) is 38.2 Å². The Labute approximate surface area is 158 Å². The van der Waals surface area contributed by atoms with Crippen molar-refractivity contribution in [3.8, 4) is 0 Å². The number of esters is 1. The second-order valence-electron chi connectivity index (χ2n) is 6.29. The lowest BCUT2D eigenvalue weighted by molar-refractivity contribution is -0.152. The number of hydrogen-bond donors (Lipinski definition) is 2. The van der Waals surface area contributed by atoms with Crippen LogP contribution in [-0.4, -0.2) is 26.4 Å². The van der Waals surface area contributed by atoms with Crippen LogP contribution in [-0.2, 0) is 30.8 Å². The molecule has 0 fully saturated rings. The van der Waals surface area contributed by atoms with Crippen LogP contribution in [0.4, 0.5) is 5.69 Å². The van der Waals surface area contributed by atoms with Crippen molar-refractivity contribution in [3.05, 3.63) is 59.2 Å². The second kappa shape index (κ2) is 8.32. The first-order valence-electron chi connectivity index (χ1n) is 8.25. The summed E-state index contributed by atoms with van der Waals surface area (Å²) < 4.78 is 27.6. The number of amides is 1. The highest BCUT2D eigenvalue weighted by atomic mass is 32.2. The number of anilines is 1. The number of primary sulfonamides is 1. The molecule has 0 aliphatic heterocycles. The Morgan fingerprint density at radius 3 is 2.26 bits per heavy atom. The maximum atomic E-state index is 12.1. The van der Waals surface area contributed by atoms with E-state index in [2.05, 4.69) is 5.32 Å². The van der Waals surface area contributed by atoms with E-state index in [4.69, 9.17) is 9.88 Å². The molecule has 3 N–H and O–H groups in total. The maximum absolute atomic E-state index is 12.1. The highest BCUT2D eigenvalue weighted by molar-refractivity contribution is 7.89. The average Bonchev–Trinajstić information content (AvgIpc) is 2.57. The van der Waals surface area contributed by atoms with Gasteiger partial charge in [0.05, 0.1) is 11.3 Å². The normalized spacial score (nSPS) is 12.3. The zero-order valence-corrected chi connectivity index (χ0v) is 16.2. The maximum Gasteiger partial charge on any atom is 0.311 e. The van der Waals surface area contributed by atoms with Crippen LogP contribution in [0.3, 0.4) is 0 Å². The lowest BCUT2D eigenvalue weighted by Crippen LogP contribution is -2.30. The van der Waals surface area contributed by atoms with E-state index in [1.165, 1.54) is 31.2 Å². The summed E-state index contributed by atoms with van der Waals surface area (Å²) in [4.78, 5) is 24.1. The van der Waals surface area contributed by atoms with Crippen LogP contribution in [0, 0.1) is 13.8 Å². The van der Waals surface area contributed by atoms with E-state index < -0.39 is 28.0 Å². The Hall–Kier alpha value is -2.71. The number of rotatable bonds is 6. The van der Waals surface area contributed by atoms with Gasteiger partial charge in [-0.1, -0.05) is 18.2 Å². The van der Waals surface area contributed by atoms with Gasteiger partial charge in [-0.25, -0.2) is 13.6 Å². The number of aryl methyl sites for hydroxylation is 2. The highest BCUT2D eigenvalue weighted by Crippen LogP contribution is 2.14. The topological polar surface area (TPSA) is 116 Å². The van der Waals surface area contributed by atoms with Gasteiger partial charge in [0, 0.05) is 5.69 Å². The van der Waals surface area contributed by atoms with Crippen molar-refractivity contribution in [3.63, 3.8) is 0 Å². The first-order chi connectivity index (χ1) is 12.6. The summed E-state index contributed by atoms with van der Waals surface area (Å²) in [7, 11) is -3.80. The van der Waals surface area contributed by atoms with Crippen LogP contribution < -0.4 is 10.5 Å². The minimum absolute atomic E-state index is 0.0617. The number of nitrogens with one attached hydrogen (secondary N) is 1. The lowest BCUT2D eigenvalue weighted by atomic mass is 10.0. The molecule has 27 heavy (non-hydrogen) atoms. The largest absolute Gasteiger partial charge is 0.452 e. The van der Waals surface area contributed by atoms with Gasteiger partial charge in [0.2, 0.25) is 10.0 Å². The van der Waals surface area contributed by atoms with Crippen molar-refractivity contribution < 1.29 is 22.7 Å². The molecule has 1 atom stereocenters. The predicted octanol–water partition coefficient (Wildman–Crippen LogP) is 2.06. The first kappa shape index (κ1) is 20.6. The SMILES string of the molecule is Cc1ccc(CC(=O)O[C@H](C)C(=O)Nc2ccc(S(N)(=O)=O)cc2)cc1C. The van der Waals surface area contributed by atoms with Gasteiger partial charge in [0.1, 0.15) is 0 Å². The standard InChI is InChI=1S/C19H22N2O5S/c1-12-4-5-15(10-13(12)2)11-18(22)26-14(3)19(23)21-16-6-8-17(9-7-16)27(20,24)25/h4-10,14H,11H2,1-3H3,(H,21,23)(H2,20,24,25)/t14-/m1/s1. The van der Waals surface area contributed by atoms with Gasteiger partial charge in [0.15, 0.2) is 6.10 Å². The van der Waals surface area contributed by atoms with Crippen molar-refractivity contribution in [2.75, 3.05) is 5.32 Å². The molecular formula is C19H22N2O5S. The molecule has 0 saturated heterocycles. The van der Waals surface area contributed by atoms with E-state index >= 15 is 0 Å². The summed E-state index contributed by atoms with van der Waals surface area (Å²) in [5.74, 6) is -1.03. The lowest BCUT2D eigenvalue weighted by Gasteiger charge is -2.14. The van der Waals surface area contributed by atoms with Gasteiger partial charge in [0.25, 0.3) is 5.91 Å². The van der Waals surface area contributed by atoms with Crippen molar-refractivity contribution >= 4 is 27.6 Å². The fourth-order valence-electron chi connectivity index (χ4n) is 2.34. The number of benzene rings is 2. The molecule has 2 aromatic rings. The van der Waals surface area contributed by atoms with Crippen LogP contribution in [0.1, 0.15) is 23.6 Å². The summed E-state index contributed by atoms with van der Waals surface area (Å²) >= 11 is 0. The predicted molar refractivity (Wildman–Crippen MR) is 102 cm³/mol. The minimum Gasteiger partial charge on any atom is -0.452 e. The van der Waals surface area contributed by atoms with Crippen LogP contribution in [0.25, 0.3) is 0 Å². The molecule has 7 nitrogen and oxygen atoms in total. The Balaban J connectivity index is 1.92. The number of nitrogens with two attached hydrogens (primary N) is 1. The molecule has 0 heterocycles. The number of sulfonamides is 1. The van der Waals surface area contributed by atoms with E-state index in [1.54, 1.807) is 0 Å². The molecule has 0 spiro atoms. The number of carbonyl (C=O) groups excluding carboxylic acids is 2. The molecule has 2 rings (SSSR count). The Morgan fingerprint density at radius 2 is 1.70 bits per heavy atom. The summed E-state index contributed by atoms with van der Waals surface area (Å²) in [6.07, 6.45) is -0.927. The van der Waals surface area contributed by atoms with E-state index in [-0.39, 0.29) is 11.3 Å². The van der Waals surface area contributed by atoms with Crippen molar-refractivity contribution in [1.82, 2.24) is 0 Å². The molecule has 8 heteroatoms. The quantitative estimate of drug-likeness (QED) is 0.733. The molecule has 0 radical (unpaired) electrons. The monoisotopic (exact) mass is 390 g/mol. The van der Waals surface area contributed by atoms with Gasteiger partial charge in [-0.3, -0.25) is 9.59 Å². The molecular weight excluding hydrogens is 368 g/mol. The molecule has 0 aromatic heterocycles. The summed E-state index contributed by atoms with van der Waals surface area (Å²) in [5.41, 5.74) is 3.39. The van der Waals surface area contributed by atoms with Gasteiger partial charge < -0.3 is 10.1 Å². The van der Waals surface area contributed by atoms with E-state index in [0.717, 1.165) is 16.7 Å². The third-order valence-corrected chi connectivity index (χ3v) is 4.98. The molecule has 0 bridgehead atoms. The van der Waals surface area contributed by atoms with Crippen LogP contribution >= 0.6 is 0 Å². The zero-order chi connectivity index (χ0) is 20.2. The molecule has 1 amide bonds. The fourth-order valence-corrected chi connectivity index (χ4v) is 2.86. The van der Waals surface area contributed by atoms with Gasteiger partial charge >= 0.3 is 5.97 Å². The molecule has 0 aliphatic carbocycles.